The van der Waals surface area contributed by atoms with Crippen LogP contribution < -0.4 is 0 Å². The van der Waals surface area contributed by atoms with Crippen molar-refractivity contribution in [3.63, 3.8) is 0 Å². The minimum absolute atomic E-state index is 0.0642. The molecule has 0 radical (unpaired) electrons. The first-order chi connectivity index (χ1) is 20.9. The van der Waals surface area contributed by atoms with E-state index in [-0.39, 0.29) is 88.5 Å². The molecule has 4 saturated carbocycles. The van der Waals surface area contributed by atoms with Gasteiger partial charge in [-0.1, -0.05) is 39.0 Å². The summed E-state index contributed by atoms with van der Waals surface area (Å²) in [5, 5.41) is 0. The van der Waals surface area contributed by atoms with E-state index in [2.05, 4.69) is 20.8 Å². The highest BCUT2D eigenvalue weighted by Gasteiger charge is 2.67. The minimum Gasteiger partial charge on any atom is -0.469 e. The summed E-state index contributed by atoms with van der Waals surface area (Å²) >= 11 is 0. The molecule has 0 aliphatic heterocycles. The number of esters is 4. The van der Waals surface area contributed by atoms with Crippen molar-refractivity contribution in [2.24, 2.45) is 46.3 Å². The van der Waals surface area contributed by atoms with Crippen LogP contribution in [0.1, 0.15) is 103 Å². The van der Waals surface area contributed by atoms with Crippen LogP contribution in [0.2, 0.25) is 0 Å². The number of rotatable bonds is 8. The molecular formula is C36H50O8. The summed E-state index contributed by atoms with van der Waals surface area (Å²) < 4.78 is 23.4. The molecule has 0 amide bonds. The molecule has 44 heavy (non-hydrogen) atoms. The van der Waals surface area contributed by atoms with Crippen LogP contribution in [-0.4, -0.2) is 49.3 Å². The van der Waals surface area contributed by atoms with E-state index < -0.39 is 0 Å². The molecule has 5 rings (SSSR count). The van der Waals surface area contributed by atoms with Crippen molar-refractivity contribution in [2.45, 2.75) is 111 Å². The Bertz CT molecular complexity index is 1230. The summed E-state index contributed by atoms with van der Waals surface area (Å²) in [5.41, 5.74) is 0.124. The predicted molar refractivity (Wildman–Crippen MR) is 163 cm³/mol. The van der Waals surface area contributed by atoms with Gasteiger partial charge in [-0.05, 0) is 98.5 Å². The number of ether oxygens (including phenoxy) is 4. The van der Waals surface area contributed by atoms with E-state index in [1.54, 1.807) is 12.1 Å². The maximum absolute atomic E-state index is 13.7. The normalized spacial score (nSPS) is 38.2. The van der Waals surface area contributed by atoms with Crippen molar-refractivity contribution >= 4 is 23.9 Å². The first-order valence-corrected chi connectivity index (χ1v) is 16.6. The van der Waals surface area contributed by atoms with Crippen LogP contribution in [0.5, 0.6) is 0 Å². The molecule has 0 bridgehead atoms. The van der Waals surface area contributed by atoms with Crippen LogP contribution in [0.3, 0.4) is 0 Å². The van der Waals surface area contributed by atoms with Crippen molar-refractivity contribution in [1.29, 1.82) is 0 Å². The van der Waals surface area contributed by atoms with Gasteiger partial charge in [-0.2, -0.15) is 0 Å². The van der Waals surface area contributed by atoms with Gasteiger partial charge in [0.2, 0.25) is 0 Å². The zero-order valence-electron chi connectivity index (χ0n) is 27.2. The molecule has 8 nitrogen and oxygen atoms in total. The van der Waals surface area contributed by atoms with Gasteiger partial charge in [0.1, 0.15) is 18.3 Å². The summed E-state index contributed by atoms with van der Waals surface area (Å²) in [7, 11) is 1.42. The van der Waals surface area contributed by atoms with Crippen molar-refractivity contribution in [3.8, 4) is 0 Å². The predicted octanol–water partition coefficient (Wildman–Crippen LogP) is 6.54. The summed E-state index contributed by atoms with van der Waals surface area (Å²) in [6, 6.07) is 9.18. The zero-order valence-corrected chi connectivity index (χ0v) is 27.2. The molecule has 0 unspecified atom stereocenters. The third-order valence-electron chi connectivity index (χ3n) is 12.4. The number of carbonyl (C=O) groups is 4. The van der Waals surface area contributed by atoms with E-state index in [1.165, 1.54) is 21.0 Å². The Morgan fingerprint density at radius 1 is 0.886 bits per heavy atom. The standard InChI is InChI=1S/C36H50O8/c1-21(12-15-32(39)41-6)27-13-14-28-33-29(20-31(36(27,28)5)44-34(40)24-10-8-7-9-11-24)35(4)17-16-26(42-22(2)37)18-25(35)19-30(33)43-23(3)38/h7-11,21,25-31,33H,12-20H2,1-6H3/t21-,25+,26-,27-,28+,29+,30-,31+,33+,35+,36-/m1/s1. The number of hydrogen-bond donors (Lipinski definition) is 0. The third kappa shape index (κ3) is 6.02. The Balaban J connectivity index is 1.52. The fourth-order valence-electron chi connectivity index (χ4n) is 10.3. The summed E-state index contributed by atoms with van der Waals surface area (Å²) in [4.78, 5) is 50.1. The molecule has 0 saturated heterocycles. The Morgan fingerprint density at radius 3 is 2.25 bits per heavy atom. The van der Waals surface area contributed by atoms with E-state index in [9.17, 15) is 19.2 Å². The average Bonchev–Trinajstić information content (AvgIpc) is 3.34. The van der Waals surface area contributed by atoms with Gasteiger partial charge in [0, 0.05) is 31.6 Å². The fraction of sp³-hybridized carbons (Fsp3) is 0.722. The van der Waals surface area contributed by atoms with Crippen LogP contribution in [-0.2, 0) is 33.3 Å². The molecule has 4 fully saturated rings. The van der Waals surface area contributed by atoms with Crippen LogP contribution in [0.25, 0.3) is 0 Å². The van der Waals surface area contributed by atoms with E-state index in [1.807, 2.05) is 18.2 Å². The lowest BCUT2D eigenvalue weighted by Gasteiger charge is -2.64. The van der Waals surface area contributed by atoms with Gasteiger partial charge in [0.25, 0.3) is 0 Å². The Kier molecular flexibility index (Phi) is 9.48. The number of hydrogen-bond acceptors (Lipinski definition) is 8. The van der Waals surface area contributed by atoms with Gasteiger partial charge in [0.05, 0.1) is 12.7 Å². The van der Waals surface area contributed by atoms with E-state index in [4.69, 9.17) is 18.9 Å². The molecule has 4 aliphatic carbocycles. The molecule has 0 aromatic heterocycles. The Labute approximate surface area is 261 Å². The molecule has 1 aromatic carbocycles. The molecule has 11 atom stereocenters. The topological polar surface area (TPSA) is 105 Å². The van der Waals surface area contributed by atoms with E-state index in [0.29, 0.717) is 24.8 Å². The molecular weight excluding hydrogens is 560 g/mol. The summed E-state index contributed by atoms with van der Waals surface area (Å²) in [6.45, 7) is 9.82. The lowest BCUT2D eigenvalue weighted by Crippen LogP contribution is -2.63. The molecule has 1 aromatic rings. The second kappa shape index (κ2) is 12.8. The van der Waals surface area contributed by atoms with Crippen LogP contribution in [0, 0.1) is 46.3 Å². The van der Waals surface area contributed by atoms with Crippen molar-refractivity contribution in [1.82, 2.24) is 0 Å². The lowest BCUT2D eigenvalue weighted by molar-refractivity contribution is -0.218. The number of carbonyl (C=O) groups excluding carboxylic acids is 4. The zero-order chi connectivity index (χ0) is 31.8. The van der Waals surface area contributed by atoms with Crippen LogP contribution in [0.15, 0.2) is 30.3 Å². The van der Waals surface area contributed by atoms with Gasteiger partial charge in [-0.3, -0.25) is 14.4 Å². The van der Waals surface area contributed by atoms with Crippen molar-refractivity contribution in [3.05, 3.63) is 35.9 Å². The SMILES string of the molecule is COC(=O)CC[C@@H](C)[C@H]1CC[C@H]2[C@@H]3[C@H](OC(C)=O)C[C@@H]4C[C@H](OC(C)=O)CC[C@]4(C)[C@H]3C[C@H](OC(=O)c3ccccc3)[C@]12C. The second-order valence-corrected chi connectivity index (χ2v) is 14.5. The third-order valence-corrected chi connectivity index (χ3v) is 12.4. The van der Waals surface area contributed by atoms with Gasteiger partial charge in [-0.15, -0.1) is 0 Å². The number of fused-ring (bicyclic) bond motifs is 5. The van der Waals surface area contributed by atoms with Gasteiger partial charge < -0.3 is 18.9 Å². The largest absolute Gasteiger partial charge is 0.469 e. The molecule has 8 heteroatoms. The molecule has 0 spiro atoms. The highest BCUT2D eigenvalue weighted by atomic mass is 16.6. The highest BCUT2D eigenvalue weighted by molar-refractivity contribution is 5.89. The van der Waals surface area contributed by atoms with Gasteiger partial charge in [-0.25, -0.2) is 4.79 Å². The van der Waals surface area contributed by atoms with Crippen LogP contribution >= 0.6 is 0 Å². The second-order valence-electron chi connectivity index (χ2n) is 14.5. The fourth-order valence-corrected chi connectivity index (χ4v) is 10.3. The molecule has 4 aliphatic rings. The Morgan fingerprint density at radius 2 is 1.59 bits per heavy atom. The molecule has 0 heterocycles. The first-order valence-electron chi connectivity index (χ1n) is 16.6. The molecule has 242 valence electrons. The maximum atomic E-state index is 13.7. The maximum Gasteiger partial charge on any atom is 0.338 e. The van der Waals surface area contributed by atoms with Crippen molar-refractivity contribution < 1.29 is 38.1 Å². The van der Waals surface area contributed by atoms with Crippen LogP contribution in [0.4, 0.5) is 0 Å². The minimum atomic E-state index is -0.350. The quantitative estimate of drug-likeness (QED) is 0.241. The molecule has 0 N–H and O–H groups in total. The summed E-state index contributed by atoms with van der Waals surface area (Å²) in [6.07, 6.45) is 6.19. The monoisotopic (exact) mass is 610 g/mol. The average molecular weight is 611 g/mol. The smallest absolute Gasteiger partial charge is 0.338 e. The van der Waals surface area contributed by atoms with E-state index >= 15 is 0 Å². The van der Waals surface area contributed by atoms with Gasteiger partial charge in [0.15, 0.2) is 0 Å². The van der Waals surface area contributed by atoms with Gasteiger partial charge >= 0.3 is 23.9 Å². The van der Waals surface area contributed by atoms with E-state index in [0.717, 1.165) is 38.5 Å². The summed E-state index contributed by atoms with van der Waals surface area (Å²) in [5.74, 6) is 0.123. The number of methoxy groups -OCH3 is 1. The Hall–Kier alpha value is -2.90. The van der Waals surface area contributed by atoms with Crippen molar-refractivity contribution in [2.75, 3.05) is 7.11 Å². The highest BCUT2D eigenvalue weighted by Crippen LogP contribution is 2.69. The first kappa shape index (κ1) is 32.5. The number of benzene rings is 1. The lowest BCUT2D eigenvalue weighted by atomic mass is 9.43.